The molecule has 1 N–H and O–H groups in total. The highest BCUT2D eigenvalue weighted by Crippen LogP contribution is 2.43. The zero-order chi connectivity index (χ0) is 25.4. The van der Waals surface area contributed by atoms with Gasteiger partial charge in [0.25, 0.3) is 0 Å². The summed E-state index contributed by atoms with van der Waals surface area (Å²) in [5, 5.41) is 9.24. The van der Waals surface area contributed by atoms with Gasteiger partial charge in [-0.2, -0.15) is 13.9 Å². The Morgan fingerprint density at radius 1 is 1.31 bits per heavy atom. The Bertz CT molecular complexity index is 1310. The van der Waals surface area contributed by atoms with Gasteiger partial charge in [0.2, 0.25) is 0 Å². The maximum atomic E-state index is 15.9. The number of allylic oxidation sites excluding steroid dienone is 1. The molecule has 0 unspecified atom stereocenters. The van der Waals surface area contributed by atoms with E-state index in [1.807, 2.05) is 0 Å². The lowest BCUT2D eigenvalue weighted by atomic mass is 9.88. The van der Waals surface area contributed by atoms with Crippen LogP contribution in [0.5, 0.6) is 0 Å². The first kappa shape index (κ1) is 24.9. The van der Waals surface area contributed by atoms with E-state index in [9.17, 15) is 13.2 Å². The van der Waals surface area contributed by atoms with Gasteiger partial charge < -0.3 is 14.8 Å². The molecule has 0 bridgehead atoms. The summed E-state index contributed by atoms with van der Waals surface area (Å²) in [7, 11) is 0. The number of amidine groups is 1. The lowest BCUT2D eigenvalue weighted by molar-refractivity contribution is -0.224. The fourth-order valence-corrected chi connectivity index (χ4v) is 4.95. The zero-order valence-electron chi connectivity index (χ0n) is 18.8. The fourth-order valence-electron chi connectivity index (χ4n) is 4.10. The van der Waals surface area contributed by atoms with Crippen molar-refractivity contribution in [3.8, 4) is 0 Å². The molecule has 1 aromatic carbocycles. The Kier molecular flexibility index (Phi) is 6.86. The topological polar surface area (TPSA) is 73.6 Å². The number of nitrogens with one attached hydrogen (secondary N) is 1. The van der Waals surface area contributed by atoms with Crippen LogP contribution in [-0.2, 0) is 9.47 Å². The Labute approximate surface area is 212 Å². The van der Waals surface area contributed by atoms with Crippen LogP contribution in [0.3, 0.4) is 0 Å². The van der Waals surface area contributed by atoms with E-state index in [-0.39, 0.29) is 30.2 Å². The Morgan fingerprint density at radius 2 is 2.08 bits per heavy atom. The van der Waals surface area contributed by atoms with Crippen LogP contribution in [0.25, 0.3) is 5.57 Å². The third-order valence-corrected chi connectivity index (χ3v) is 6.88. The third-order valence-electron chi connectivity index (χ3n) is 5.78. The molecule has 1 fully saturated rings. The molecular weight excluding hydrogens is 522 g/mol. The first-order valence-corrected chi connectivity index (χ1v) is 12.2. The molecule has 4 heterocycles. The van der Waals surface area contributed by atoms with E-state index in [1.165, 1.54) is 29.7 Å². The molecule has 1 saturated heterocycles. The fraction of sp³-hybridized carbons (Fsp3) is 0.348. The predicted octanol–water partition coefficient (Wildman–Crippen LogP) is 5.52. The zero-order valence-corrected chi connectivity index (χ0v) is 20.4. The molecule has 0 spiro atoms. The Morgan fingerprint density at radius 3 is 2.72 bits per heavy atom. The van der Waals surface area contributed by atoms with E-state index in [4.69, 9.17) is 26.1 Å². The Hall–Kier alpha value is -2.80. The van der Waals surface area contributed by atoms with Crippen molar-refractivity contribution in [3.05, 3.63) is 74.8 Å². The van der Waals surface area contributed by atoms with E-state index >= 15 is 4.39 Å². The van der Waals surface area contributed by atoms with Crippen molar-refractivity contribution in [2.24, 2.45) is 4.99 Å². The molecule has 13 heteroatoms. The van der Waals surface area contributed by atoms with Crippen molar-refractivity contribution >= 4 is 34.3 Å². The van der Waals surface area contributed by atoms with Crippen LogP contribution in [-0.4, -0.2) is 45.8 Å². The second kappa shape index (κ2) is 9.92. The summed E-state index contributed by atoms with van der Waals surface area (Å²) in [4.78, 5) is 9.04. The minimum atomic E-state index is -2.88. The molecule has 2 aliphatic rings. The number of rotatable bonds is 6. The first-order valence-electron chi connectivity index (χ1n) is 10.9. The standard InChI is InChI=1S/C23H20ClF4N5O2S/c1-12-34-10-23(28,11-35-12)7-17-18(13-8-30-33(9-13)22(26)27)19(15-3-2-14(25)6-16(15)24)32-20(31-17)21-29-4-5-36-21/h2-6,8-9,12,19,22H,7,10-11H2,1H3,(H,31,32)/t12-,19-,23+/m0/s1. The van der Waals surface area contributed by atoms with Crippen molar-refractivity contribution in [3.63, 3.8) is 0 Å². The van der Waals surface area contributed by atoms with Gasteiger partial charge in [-0.1, -0.05) is 17.7 Å². The predicted molar refractivity (Wildman–Crippen MR) is 126 cm³/mol. The molecule has 5 rings (SSSR count). The smallest absolute Gasteiger partial charge is 0.333 e. The molecular formula is C23H20ClF4N5O2S. The number of benzene rings is 1. The average Bonchev–Trinajstić information content (AvgIpc) is 3.53. The van der Waals surface area contributed by atoms with E-state index in [0.29, 0.717) is 32.4 Å². The number of thiazole rings is 1. The van der Waals surface area contributed by atoms with Crippen molar-refractivity contribution in [1.82, 2.24) is 20.1 Å². The summed E-state index contributed by atoms with van der Waals surface area (Å²) in [6, 6.07) is 2.93. The molecule has 0 saturated carbocycles. The molecule has 7 nitrogen and oxygen atoms in total. The van der Waals surface area contributed by atoms with Crippen LogP contribution < -0.4 is 5.32 Å². The molecule has 0 amide bonds. The number of nitrogens with zero attached hydrogens (tertiary/aromatic N) is 4. The highest BCUT2D eigenvalue weighted by atomic mass is 35.5. The molecule has 36 heavy (non-hydrogen) atoms. The minimum Gasteiger partial charge on any atom is -0.350 e. The van der Waals surface area contributed by atoms with Gasteiger partial charge in [0.1, 0.15) is 11.9 Å². The second-order valence-corrected chi connectivity index (χ2v) is 9.71. The number of aliphatic imine (C=N–C) groups is 1. The summed E-state index contributed by atoms with van der Waals surface area (Å²) < 4.78 is 67.8. The first-order chi connectivity index (χ1) is 17.2. The molecule has 190 valence electrons. The summed E-state index contributed by atoms with van der Waals surface area (Å²) in [6.45, 7) is -1.67. The van der Waals surface area contributed by atoms with Gasteiger partial charge >= 0.3 is 6.55 Å². The van der Waals surface area contributed by atoms with E-state index in [0.717, 1.165) is 12.3 Å². The van der Waals surface area contributed by atoms with Crippen LogP contribution in [0.1, 0.15) is 42.1 Å². The second-order valence-electron chi connectivity index (χ2n) is 8.40. The van der Waals surface area contributed by atoms with Gasteiger partial charge in [-0.25, -0.2) is 18.4 Å². The van der Waals surface area contributed by atoms with E-state index in [1.54, 1.807) is 18.5 Å². The maximum absolute atomic E-state index is 15.9. The molecule has 1 atom stereocenters. The molecule has 2 aromatic heterocycles. The normalized spacial score (nSPS) is 24.7. The molecule has 3 aromatic rings. The number of hydrogen-bond donors (Lipinski definition) is 1. The monoisotopic (exact) mass is 541 g/mol. The van der Waals surface area contributed by atoms with Gasteiger partial charge in [-0.15, -0.1) is 11.3 Å². The van der Waals surface area contributed by atoms with Gasteiger partial charge in [-0.3, -0.25) is 4.99 Å². The molecule has 0 radical (unpaired) electrons. The van der Waals surface area contributed by atoms with E-state index < -0.39 is 30.4 Å². The number of alkyl halides is 3. The largest absolute Gasteiger partial charge is 0.350 e. The summed E-state index contributed by atoms with van der Waals surface area (Å²) in [5.74, 6) is -0.212. The van der Waals surface area contributed by atoms with Gasteiger partial charge in [0.15, 0.2) is 22.8 Å². The quantitative estimate of drug-likeness (QED) is 0.416. The van der Waals surface area contributed by atoms with Gasteiger partial charge in [-0.05, 0) is 24.6 Å². The van der Waals surface area contributed by atoms with Crippen LogP contribution in [0.15, 0.2) is 52.9 Å². The lowest BCUT2D eigenvalue weighted by Crippen LogP contribution is -2.45. The number of aromatic nitrogens is 3. The SMILES string of the molecule is C[C@H]1OC[C@](F)(CC2=C(c3cnn(C(F)F)c3)[C@H](c3ccc(F)cc3Cl)N=C(c3nccs3)N2)CO1. The van der Waals surface area contributed by atoms with Crippen LogP contribution in [0.4, 0.5) is 17.6 Å². The summed E-state index contributed by atoms with van der Waals surface area (Å²) >= 11 is 7.71. The van der Waals surface area contributed by atoms with Crippen molar-refractivity contribution < 1.29 is 27.0 Å². The van der Waals surface area contributed by atoms with Gasteiger partial charge in [0.05, 0.1) is 19.4 Å². The minimum absolute atomic E-state index is 0.0790. The number of ether oxygens (including phenoxy) is 2. The van der Waals surface area contributed by atoms with Crippen molar-refractivity contribution in [1.29, 1.82) is 0 Å². The van der Waals surface area contributed by atoms with Crippen LogP contribution in [0, 0.1) is 5.82 Å². The summed E-state index contributed by atoms with van der Waals surface area (Å²) in [5.41, 5.74) is -0.519. The van der Waals surface area contributed by atoms with Crippen molar-refractivity contribution in [2.45, 2.75) is 37.9 Å². The van der Waals surface area contributed by atoms with Gasteiger partial charge in [0, 0.05) is 46.1 Å². The molecule has 0 aliphatic carbocycles. The third kappa shape index (κ3) is 5.03. The number of halogens is 5. The highest BCUT2D eigenvalue weighted by molar-refractivity contribution is 7.11. The maximum Gasteiger partial charge on any atom is 0.333 e. The van der Waals surface area contributed by atoms with Crippen molar-refractivity contribution in [2.75, 3.05) is 13.2 Å². The van der Waals surface area contributed by atoms with E-state index in [2.05, 4.69) is 15.4 Å². The van der Waals surface area contributed by atoms with Crippen LogP contribution >= 0.6 is 22.9 Å². The number of hydrogen-bond acceptors (Lipinski definition) is 7. The molecule has 2 aliphatic heterocycles. The highest BCUT2D eigenvalue weighted by Gasteiger charge is 2.40. The summed E-state index contributed by atoms with van der Waals surface area (Å²) in [6.07, 6.45) is 3.23. The lowest BCUT2D eigenvalue weighted by Gasteiger charge is -2.36. The average molecular weight is 542 g/mol. The van der Waals surface area contributed by atoms with Crippen LogP contribution in [0.2, 0.25) is 5.02 Å². The Balaban J connectivity index is 1.67.